The van der Waals surface area contributed by atoms with E-state index >= 15 is 0 Å². The van der Waals surface area contributed by atoms with Crippen molar-refractivity contribution in [2.24, 2.45) is 22.9 Å². The Hall–Kier alpha value is -4.85. The Balaban J connectivity index is 0.921. The fourth-order valence-corrected chi connectivity index (χ4v) is 8.77. The standard InChI is InChI=1S/C40H44N4O4/c1-4-47-37-20-28(24-41-43-39(46)32-8-14-35(15-9-32)44-26(2)5-6-27(44)3)7-16-36(37)48-25-38(45)42-34-12-10-33(11-13-34)40-21-29-17-30(22-40)19-31(18-29)23-40/h5-16,20,24,29-31H,4,17-19,21-23,25H2,1-3H3,(H,42,45)(H,43,46)/b41-24-. The summed E-state index contributed by atoms with van der Waals surface area (Å²) in [5.74, 6) is 3.10. The Bertz CT molecular complexity index is 1770. The number of nitrogens with zero attached hydrogens (tertiary/aromatic N) is 2. The van der Waals surface area contributed by atoms with Gasteiger partial charge in [0.2, 0.25) is 0 Å². The molecule has 8 rings (SSSR count). The van der Waals surface area contributed by atoms with E-state index in [2.05, 4.69) is 58.5 Å². The van der Waals surface area contributed by atoms with Crippen molar-refractivity contribution in [3.63, 3.8) is 0 Å². The van der Waals surface area contributed by atoms with Crippen molar-refractivity contribution < 1.29 is 19.1 Å². The van der Waals surface area contributed by atoms with Gasteiger partial charge in [-0.25, -0.2) is 5.43 Å². The molecule has 4 fully saturated rings. The number of anilines is 1. The average Bonchev–Trinajstić information content (AvgIpc) is 3.41. The number of hydrogen-bond donors (Lipinski definition) is 2. The van der Waals surface area contributed by atoms with Crippen LogP contribution in [0.1, 0.15) is 78.3 Å². The normalized spacial score (nSPS) is 22.5. The van der Waals surface area contributed by atoms with E-state index in [-0.39, 0.29) is 18.4 Å². The highest BCUT2D eigenvalue weighted by Crippen LogP contribution is 2.60. The van der Waals surface area contributed by atoms with E-state index in [1.807, 2.05) is 31.2 Å². The van der Waals surface area contributed by atoms with Crippen molar-refractivity contribution >= 4 is 23.7 Å². The highest BCUT2D eigenvalue weighted by Gasteiger charge is 2.51. The third kappa shape index (κ3) is 6.61. The SMILES string of the molecule is CCOc1cc(/C=N\NC(=O)c2ccc(-n3c(C)ccc3C)cc2)ccc1OCC(=O)Nc1ccc(C23CC4CC(CC(C4)C2)C3)cc1. The number of carbonyl (C=O) groups is 2. The van der Waals surface area contributed by atoms with Crippen LogP contribution in [0.4, 0.5) is 5.69 Å². The summed E-state index contributed by atoms with van der Waals surface area (Å²) in [6.45, 7) is 6.26. The van der Waals surface area contributed by atoms with Crippen LogP contribution in [0.25, 0.3) is 5.69 Å². The number of rotatable bonds is 11. The molecule has 4 aromatic rings. The molecule has 0 saturated heterocycles. The predicted molar refractivity (Wildman–Crippen MR) is 188 cm³/mol. The van der Waals surface area contributed by atoms with Gasteiger partial charge in [0.1, 0.15) is 0 Å². The molecular formula is C40H44N4O4. The van der Waals surface area contributed by atoms with Gasteiger partial charge in [0.15, 0.2) is 18.1 Å². The molecule has 4 bridgehead atoms. The summed E-state index contributed by atoms with van der Waals surface area (Å²) in [5.41, 5.74) is 9.63. The van der Waals surface area contributed by atoms with Gasteiger partial charge in [-0.1, -0.05) is 12.1 Å². The molecule has 4 aliphatic rings. The topological polar surface area (TPSA) is 93.9 Å². The van der Waals surface area contributed by atoms with Gasteiger partial charge >= 0.3 is 0 Å². The zero-order chi connectivity index (χ0) is 33.3. The van der Waals surface area contributed by atoms with Crippen molar-refractivity contribution in [1.29, 1.82) is 0 Å². The molecule has 0 unspecified atom stereocenters. The first-order valence-corrected chi connectivity index (χ1v) is 17.2. The lowest BCUT2D eigenvalue weighted by Crippen LogP contribution is -2.48. The van der Waals surface area contributed by atoms with E-state index in [9.17, 15) is 9.59 Å². The second kappa shape index (κ2) is 13.3. The minimum absolute atomic E-state index is 0.150. The highest BCUT2D eigenvalue weighted by atomic mass is 16.5. The maximum absolute atomic E-state index is 12.8. The van der Waals surface area contributed by atoms with Crippen molar-refractivity contribution in [3.8, 4) is 17.2 Å². The van der Waals surface area contributed by atoms with Gasteiger partial charge in [-0.2, -0.15) is 5.10 Å². The molecule has 8 heteroatoms. The minimum Gasteiger partial charge on any atom is -0.490 e. The first-order valence-electron chi connectivity index (χ1n) is 17.2. The number of benzene rings is 3. The molecule has 4 saturated carbocycles. The Labute approximate surface area is 282 Å². The minimum atomic E-state index is -0.308. The first-order chi connectivity index (χ1) is 23.3. The lowest BCUT2D eigenvalue weighted by Gasteiger charge is -2.57. The molecule has 0 aliphatic heterocycles. The summed E-state index contributed by atoms with van der Waals surface area (Å²) in [4.78, 5) is 25.5. The van der Waals surface area contributed by atoms with E-state index in [1.165, 1.54) is 44.1 Å². The van der Waals surface area contributed by atoms with E-state index in [1.54, 1.807) is 36.5 Å². The van der Waals surface area contributed by atoms with E-state index in [0.717, 1.165) is 40.5 Å². The third-order valence-corrected chi connectivity index (χ3v) is 10.5. The zero-order valence-corrected chi connectivity index (χ0v) is 28.0. The van der Waals surface area contributed by atoms with Gasteiger partial charge in [0.25, 0.3) is 11.8 Å². The Morgan fingerprint density at radius 3 is 2.10 bits per heavy atom. The summed E-state index contributed by atoms with van der Waals surface area (Å²) in [7, 11) is 0. The smallest absolute Gasteiger partial charge is 0.271 e. The van der Waals surface area contributed by atoms with Crippen LogP contribution < -0.4 is 20.2 Å². The number of hydrazone groups is 1. The van der Waals surface area contributed by atoms with Crippen molar-refractivity contribution in [2.45, 2.75) is 64.7 Å². The summed E-state index contributed by atoms with van der Waals surface area (Å²) in [5, 5.41) is 7.11. The van der Waals surface area contributed by atoms with Crippen LogP contribution in [0.2, 0.25) is 0 Å². The highest BCUT2D eigenvalue weighted by molar-refractivity contribution is 5.95. The number of amides is 2. The maximum Gasteiger partial charge on any atom is 0.271 e. The van der Waals surface area contributed by atoms with Gasteiger partial charge in [-0.05, 0) is 160 Å². The molecular weight excluding hydrogens is 600 g/mol. The second-order valence-electron chi connectivity index (χ2n) is 13.9. The van der Waals surface area contributed by atoms with Crippen LogP contribution in [-0.4, -0.2) is 35.8 Å². The number of nitrogens with one attached hydrogen (secondary N) is 2. The monoisotopic (exact) mass is 644 g/mol. The fourth-order valence-electron chi connectivity index (χ4n) is 8.77. The third-order valence-electron chi connectivity index (χ3n) is 10.5. The van der Waals surface area contributed by atoms with Gasteiger partial charge < -0.3 is 19.4 Å². The van der Waals surface area contributed by atoms with Gasteiger partial charge in [-0.15, -0.1) is 0 Å². The van der Waals surface area contributed by atoms with Crippen molar-refractivity contribution in [1.82, 2.24) is 9.99 Å². The fraction of sp³-hybridized carbons (Fsp3) is 0.375. The molecule has 48 heavy (non-hydrogen) atoms. The molecule has 4 aliphatic carbocycles. The number of aromatic nitrogens is 1. The summed E-state index contributed by atoms with van der Waals surface area (Å²) in [6, 6.07) is 25.4. The molecule has 8 nitrogen and oxygen atoms in total. The van der Waals surface area contributed by atoms with Gasteiger partial charge in [0, 0.05) is 28.3 Å². The van der Waals surface area contributed by atoms with Crippen LogP contribution in [0, 0.1) is 31.6 Å². The molecule has 0 radical (unpaired) electrons. The van der Waals surface area contributed by atoms with Crippen LogP contribution in [0.3, 0.4) is 0 Å². The summed E-state index contributed by atoms with van der Waals surface area (Å²) >= 11 is 0. The van der Waals surface area contributed by atoms with E-state index < -0.39 is 0 Å². The molecule has 0 atom stereocenters. The predicted octanol–water partition coefficient (Wildman–Crippen LogP) is 7.74. The molecule has 1 heterocycles. The molecule has 3 aromatic carbocycles. The van der Waals surface area contributed by atoms with Crippen LogP contribution in [0.15, 0.2) is 84.0 Å². The first kappa shape index (κ1) is 31.7. The molecule has 1 aromatic heterocycles. The Morgan fingerprint density at radius 1 is 0.833 bits per heavy atom. The molecule has 248 valence electrons. The van der Waals surface area contributed by atoms with Gasteiger partial charge in [-0.3, -0.25) is 9.59 Å². The largest absolute Gasteiger partial charge is 0.490 e. The van der Waals surface area contributed by atoms with Crippen molar-refractivity contribution in [3.05, 3.63) is 107 Å². The lowest BCUT2D eigenvalue weighted by atomic mass is 9.48. The van der Waals surface area contributed by atoms with Crippen LogP contribution in [0.5, 0.6) is 11.5 Å². The number of aryl methyl sites for hydroxylation is 2. The number of hydrogen-bond acceptors (Lipinski definition) is 5. The Morgan fingerprint density at radius 2 is 1.48 bits per heavy atom. The van der Waals surface area contributed by atoms with Crippen LogP contribution >= 0.6 is 0 Å². The quantitative estimate of drug-likeness (QED) is 0.129. The van der Waals surface area contributed by atoms with Crippen LogP contribution in [-0.2, 0) is 10.2 Å². The summed E-state index contributed by atoms with van der Waals surface area (Å²) < 4.78 is 13.8. The van der Waals surface area contributed by atoms with Crippen molar-refractivity contribution in [2.75, 3.05) is 18.5 Å². The molecule has 2 N–H and O–H groups in total. The lowest BCUT2D eigenvalue weighted by molar-refractivity contribution is -0.118. The van der Waals surface area contributed by atoms with E-state index in [0.29, 0.717) is 34.6 Å². The Kier molecular flexibility index (Phi) is 8.82. The molecule has 0 spiro atoms. The number of ether oxygens (including phenoxy) is 2. The van der Waals surface area contributed by atoms with Gasteiger partial charge in [0.05, 0.1) is 12.8 Å². The molecule has 2 amide bonds. The average molecular weight is 645 g/mol. The number of carbonyl (C=O) groups excluding carboxylic acids is 2. The van der Waals surface area contributed by atoms with E-state index in [4.69, 9.17) is 9.47 Å². The maximum atomic E-state index is 12.8. The second-order valence-corrected chi connectivity index (χ2v) is 13.9. The zero-order valence-electron chi connectivity index (χ0n) is 28.0. The summed E-state index contributed by atoms with van der Waals surface area (Å²) in [6.07, 6.45) is 9.80.